The number of carbonyl (C=O) groups is 1. The Hall–Kier alpha value is -3.09. The van der Waals surface area contributed by atoms with Gasteiger partial charge in [-0.05, 0) is 42.2 Å². The summed E-state index contributed by atoms with van der Waals surface area (Å²) in [7, 11) is 1.70. The predicted octanol–water partition coefficient (Wildman–Crippen LogP) is 2.09. The minimum atomic E-state index is -0.517. The van der Waals surface area contributed by atoms with Gasteiger partial charge in [-0.3, -0.25) is 9.79 Å². The summed E-state index contributed by atoms with van der Waals surface area (Å²) in [6.45, 7) is 0.994. The highest BCUT2D eigenvalue weighted by atomic mass is 19.1. The van der Waals surface area contributed by atoms with Gasteiger partial charge in [0.05, 0.1) is 0 Å². The molecule has 0 radical (unpaired) electrons. The molecule has 1 saturated carbocycles. The molecule has 0 heterocycles. The second-order valence-electron chi connectivity index (χ2n) is 6.94. The van der Waals surface area contributed by atoms with Crippen LogP contribution in [0.25, 0.3) is 0 Å². The van der Waals surface area contributed by atoms with Crippen molar-refractivity contribution >= 4 is 11.9 Å². The van der Waals surface area contributed by atoms with Gasteiger partial charge in [0.2, 0.25) is 0 Å². The minimum Gasteiger partial charge on any atom is -0.484 e. The lowest BCUT2D eigenvalue weighted by atomic mass is 9.95. The number of amides is 1. The van der Waals surface area contributed by atoms with Gasteiger partial charge in [0.1, 0.15) is 11.6 Å². The molecule has 28 heavy (non-hydrogen) atoms. The third kappa shape index (κ3) is 5.00. The fraction of sp³-hybridized carbons (Fsp3) is 0.333. The predicted molar refractivity (Wildman–Crippen MR) is 107 cm³/mol. The quantitative estimate of drug-likeness (QED) is 0.480. The monoisotopic (exact) mass is 384 g/mol. The van der Waals surface area contributed by atoms with E-state index in [4.69, 9.17) is 10.5 Å². The topological polar surface area (TPSA) is 88.7 Å². The van der Waals surface area contributed by atoms with E-state index in [2.05, 4.69) is 15.6 Å². The largest absolute Gasteiger partial charge is 0.484 e. The molecule has 148 valence electrons. The van der Waals surface area contributed by atoms with Crippen LogP contribution in [0.3, 0.4) is 0 Å². The van der Waals surface area contributed by atoms with Gasteiger partial charge in [0.15, 0.2) is 12.6 Å². The number of benzene rings is 2. The number of halogens is 1. The van der Waals surface area contributed by atoms with Gasteiger partial charge >= 0.3 is 0 Å². The number of aliphatic imine (C=N–C) groups is 1. The fourth-order valence-electron chi connectivity index (χ4n) is 3.14. The summed E-state index contributed by atoms with van der Waals surface area (Å²) in [5.41, 5.74) is 6.67. The van der Waals surface area contributed by atoms with Crippen LogP contribution in [0, 0.1) is 5.82 Å². The average molecular weight is 384 g/mol. The van der Waals surface area contributed by atoms with Gasteiger partial charge in [-0.2, -0.15) is 0 Å². The Kier molecular flexibility index (Phi) is 6.13. The summed E-state index contributed by atoms with van der Waals surface area (Å²) in [4.78, 5) is 15.1. The van der Waals surface area contributed by atoms with E-state index in [9.17, 15) is 9.18 Å². The molecule has 1 aliphatic carbocycles. The maximum atomic E-state index is 14.1. The number of primary amides is 1. The van der Waals surface area contributed by atoms with Crippen LogP contribution < -0.4 is 21.1 Å². The molecule has 6 nitrogen and oxygen atoms in total. The van der Waals surface area contributed by atoms with Crippen LogP contribution in [0.15, 0.2) is 53.5 Å². The van der Waals surface area contributed by atoms with Gasteiger partial charge in [-0.1, -0.05) is 30.3 Å². The molecule has 0 spiro atoms. The minimum absolute atomic E-state index is 0.155. The molecule has 1 fully saturated rings. The molecule has 3 rings (SSSR count). The van der Waals surface area contributed by atoms with E-state index in [1.54, 1.807) is 19.2 Å². The first-order valence-electron chi connectivity index (χ1n) is 9.22. The van der Waals surface area contributed by atoms with Crippen LogP contribution in [-0.4, -0.2) is 32.1 Å². The highest BCUT2D eigenvalue weighted by Crippen LogP contribution is 2.48. The zero-order valence-electron chi connectivity index (χ0n) is 15.9. The van der Waals surface area contributed by atoms with Crippen molar-refractivity contribution < 1.29 is 13.9 Å². The first kappa shape index (κ1) is 19.7. The Bertz CT molecular complexity index is 865. The number of rotatable bonds is 8. The molecule has 0 aromatic heterocycles. The number of ether oxygens (including phenoxy) is 1. The van der Waals surface area contributed by atoms with Crippen molar-refractivity contribution in [3.63, 3.8) is 0 Å². The molecule has 0 saturated heterocycles. The number of nitrogens with one attached hydrogen (secondary N) is 2. The van der Waals surface area contributed by atoms with Crippen LogP contribution in [0.5, 0.6) is 5.75 Å². The normalized spacial score (nSPS) is 15.0. The van der Waals surface area contributed by atoms with Gasteiger partial charge < -0.3 is 21.1 Å². The molecule has 2 aromatic rings. The Balaban J connectivity index is 1.54. The van der Waals surface area contributed by atoms with Crippen molar-refractivity contribution in [2.75, 3.05) is 20.2 Å². The van der Waals surface area contributed by atoms with Crippen molar-refractivity contribution in [3.8, 4) is 5.75 Å². The van der Waals surface area contributed by atoms with E-state index in [0.29, 0.717) is 24.8 Å². The van der Waals surface area contributed by atoms with Gasteiger partial charge in [-0.25, -0.2) is 4.39 Å². The van der Waals surface area contributed by atoms with Crippen LogP contribution in [0.4, 0.5) is 4.39 Å². The zero-order chi connectivity index (χ0) is 20.0. The summed E-state index contributed by atoms with van der Waals surface area (Å²) in [5, 5.41) is 6.54. The molecule has 4 N–H and O–H groups in total. The maximum absolute atomic E-state index is 14.1. The van der Waals surface area contributed by atoms with Crippen LogP contribution in [0.1, 0.15) is 24.0 Å². The molecule has 1 aliphatic rings. The molecule has 2 aromatic carbocycles. The Labute approximate surface area is 164 Å². The number of nitrogens with two attached hydrogens (primary N) is 1. The van der Waals surface area contributed by atoms with Crippen molar-refractivity contribution in [2.45, 2.75) is 24.8 Å². The second-order valence-corrected chi connectivity index (χ2v) is 6.94. The lowest BCUT2D eigenvalue weighted by Crippen LogP contribution is -2.41. The maximum Gasteiger partial charge on any atom is 0.255 e. The summed E-state index contributed by atoms with van der Waals surface area (Å²) < 4.78 is 19.5. The molecular weight excluding hydrogens is 359 g/mol. The fourth-order valence-corrected chi connectivity index (χ4v) is 3.14. The van der Waals surface area contributed by atoms with E-state index >= 15 is 0 Å². The highest BCUT2D eigenvalue weighted by molar-refractivity contribution is 5.79. The average Bonchev–Trinajstić information content (AvgIpc) is 3.48. The highest BCUT2D eigenvalue weighted by Gasteiger charge is 2.45. The Morgan fingerprint density at radius 1 is 1.21 bits per heavy atom. The summed E-state index contributed by atoms with van der Waals surface area (Å²) in [6, 6.07) is 14.4. The molecule has 0 bridgehead atoms. The Morgan fingerprint density at radius 2 is 2.00 bits per heavy atom. The van der Waals surface area contributed by atoms with Crippen LogP contribution in [-0.2, 0) is 16.8 Å². The number of guanidine groups is 1. The number of hydrogen-bond acceptors (Lipinski definition) is 3. The van der Waals surface area contributed by atoms with Crippen LogP contribution >= 0.6 is 0 Å². The standard InChI is InChI=1S/C21H25FN4O2/c1-24-20(25-12-15-5-4-6-16(11-15)28-13-19(23)27)26-14-21(9-10-21)17-7-2-3-8-18(17)22/h2-8,11H,9-10,12-14H2,1H3,(H2,23,27)(H2,24,25,26). The molecule has 0 unspecified atom stereocenters. The smallest absolute Gasteiger partial charge is 0.255 e. The third-order valence-corrected chi connectivity index (χ3v) is 4.86. The second kappa shape index (κ2) is 8.73. The molecule has 7 heteroatoms. The van der Waals surface area contributed by atoms with Crippen molar-refractivity contribution in [1.29, 1.82) is 0 Å². The van der Waals surface area contributed by atoms with E-state index in [1.807, 2.05) is 30.3 Å². The zero-order valence-corrected chi connectivity index (χ0v) is 15.9. The van der Waals surface area contributed by atoms with Gasteiger partial charge in [-0.15, -0.1) is 0 Å². The summed E-state index contributed by atoms with van der Waals surface area (Å²) >= 11 is 0. The Morgan fingerprint density at radius 3 is 2.68 bits per heavy atom. The van der Waals surface area contributed by atoms with E-state index < -0.39 is 5.91 Å². The lowest BCUT2D eigenvalue weighted by Gasteiger charge is -2.19. The van der Waals surface area contributed by atoms with E-state index in [1.165, 1.54) is 6.07 Å². The first-order valence-corrected chi connectivity index (χ1v) is 9.22. The van der Waals surface area contributed by atoms with Crippen molar-refractivity contribution in [3.05, 3.63) is 65.5 Å². The number of nitrogens with zero attached hydrogens (tertiary/aromatic N) is 1. The summed E-state index contributed by atoms with van der Waals surface area (Å²) in [6.07, 6.45) is 1.91. The summed E-state index contributed by atoms with van der Waals surface area (Å²) in [5.74, 6) is 0.554. The molecule has 0 aliphatic heterocycles. The molecule has 1 amide bonds. The van der Waals surface area contributed by atoms with Gasteiger partial charge in [0.25, 0.3) is 5.91 Å². The first-order chi connectivity index (χ1) is 13.5. The van der Waals surface area contributed by atoms with E-state index in [0.717, 1.165) is 24.0 Å². The van der Waals surface area contributed by atoms with Crippen LogP contribution in [0.2, 0.25) is 0 Å². The van der Waals surface area contributed by atoms with Gasteiger partial charge in [0, 0.05) is 25.6 Å². The number of carbonyl (C=O) groups excluding carboxylic acids is 1. The molecule has 0 atom stereocenters. The molecular formula is C21H25FN4O2. The van der Waals surface area contributed by atoms with Crippen molar-refractivity contribution in [2.24, 2.45) is 10.7 Å². The third-order valence-electron chi connectivity index (χ3n) is 4.86. The van der Waals surface area contributed by atoms with E-state index in [-0.39, 0.29) is 17.8 Å². The number of hydrogen-bond donors (Lipinski definition) is 3. The SMILES string of the molecule is CN=C(NCc1cccc(OCC(N)=O)c1)NCC1(c2ccccc2F)CC1. The lowest BCUT2D eigenvalue weighted by molar-refractivity contribution is -0.119. The van der Waals surface area contributed by atoms with Crippen molar-refractivity contribution in [1.82, 2.24) is 10.6 Å².